The average molecular weight is 557 g/mol. The molecule has 2 atom stereocenters. The molecule has 0 spiro atoms. The van der Waals surface area contributed by atoms with Gasteiger partial charge in [0.05, 0.1) is 13.2 Å². The Morgan fingerprint density at radius 1 is 0.878 bits per heavy atom. The summed E-state index contributed by atoms with van der Waals surface area (Å²) in [5.41, 5.74) is 5.03. The number of anilines is 1. The highest BCUT2D eigenvalue weighted by Gasteiger charge is 2.42. The number of phenolic OH excluding ortho intramolecular Hbond substituents is 1. The van der Waals surface area contributed by atoms with Crippen molar-refractivity contribution >= 4 is 17.6 Å². The van der Waals surface area contributed by atoms with Gasteiger partial charge in [-0.1, -0.05) is 30.9 Å². The predicted octanol–water partition coefficient (Wildman–Crippen LogP) is 1.92. The number of hydrogen-bond acceptors (Lipinski definition) is 8. The number of rotatable bonds is 9. The predicted molar refractivity (Wildman–Crippen MR) is 153 cm³/mol. The molecule has 0 saturated carbocycles. The Hall–Kier alpha value is -4.80. The van der Waals surface area contributed by atoms with Gasteiger partial charge in [0.15, 0.2) is 6.04 Å². The van der Waals surface area contributed by atoms with Gasteiger partial charge in [0.25, 0.3) is 5.91 Å². The first-order valence-corrected chi connectivity index (χ1v) is 12.7. The summed E-state index contributed by atoms with van der Waals surface area (Å²) in [7, 11) is 0. The van der Waals surface area contributed by atoms with Crippen molar-refractivity contribution in [1.29, 1.82) is 0 Å². The number of ether oxygens (including phenoxy) is 1. The van der Waals surface area contributed by atoms with Gasteiger partial charge in [-0.15, -0.1) is 0 Å². The molecule has 0 fully saturated rings. The number of nitrogens with one attached hydrogen (secondary N) is 1. The average Bonchev–Trinajstić information content (AvgIpc) is 2.98. The molecule has 212 valence electrons. The number of hydrogen-bond donors (Lipinski definition) is 6. The molecule has 0 aliphatic rings. The van der Waals surface area contributed by atoms with Crippen LogP contribution in [0.3, 0.4) is 0 Å². The first-order valence-electron chi connectivity index (χ1n) is 12.7. The largest absolute Gasteiger partial charge is 0.508 e. The van der Waals surface area contributed by atoms with Crippen LogP contribution in [0.2, 0.25) is 0 Å². The summed E-state index contributed by atoms with van der Waals surface area (Å²) in [5, 5.41) is 42.6. The summed E-state index contributed by atoms with van der Waals surface area (Å²) < 4.78 is 5.31. The molecule has 0 saturated heterocycles. The van der Waals surface area contributed by atoms with Crippen LogP contribution in [0.15, 0.2) is 72.8 Å². The van der Waals surface area contributed by atoms with E-state index in [9.17, 15) is 30.0 Å². The van der Waals surface area contributed by atoms with Gasteiger partial charge in [-0.3, -0.25) is 4.79 Å². The highest BCUT2D eigenvalue weighted by molar-refractivity contribution is 5.97. The molecule has 0 aliphatic heterocycles. The molecule has 0 unspecified atom stereocenters. The van der Waals surface area contributed by atoms with Crippen LogP contribution >= 0.6 is 0 Å². The topological polar surface area (TPSA) is 162 Å². The number of aliphatic hydroxyl groups is 3. The minimum absolute atomic E-state index is 0.0474. The number of aliphatic hydroxyl groups excluding tert-OH is 2. The molecule has 0 aliphatic carbocycles. The summed E-state index contributed by atoms with van der Waals surface area (Å²) in [6.45, 7) is 1.58. The lowest BCUT2D eigenvalue weighted by molar-refractivity contribution is -0.158. The van der Waals surface area contributed by atoms with Crippen LogP contribution < -0.4 is 11.1 Å². The minimum atomic E-state index is -1.95. The first-order chi connectivity index (χ1) is 19.5. The summed E-state index contributed by atoms with van der Waals surface area (Å²) in [6.07, 6.45) is 0. The van der Waals surface area contributed by atoms with E-state index < -0.39 is 42.1 Å². The number of aromatic hydroxyl groups is 1. The molecule has 1 amide bonds. The fourth-order valence-corrected chi connectivity index (χ4v) is 3.56. The standard InChI is InChI=1S/C32H32N2O7/c1-31(19-35,20-36)21-41-30(39)28(32(2,40)25-13-17-27(37)18-14-25)34-29(38)24-11-7-22(8-12-24)5-3-4-6-23-9-15-26(33)16-10-23/h7-18,28,35-37,40H,19-21,33H2,1-2H3,(H,34,38)/t28-,32-/m1/s1. The van der Waals surface area contributed by atoms with Crippen molar-refractivity contribution in [2.75, 3.05) is 25.6 Å². The summed E-state index contributed by atoms with van der Waals surface area (Å²) >= 11 is 0. The van der Waals surface area contributed by atoms with E-state index >= 15 is 0 Å². The van der Waals surface area contributed by atoms with Crippen LogP contribution in [0, 0.1) is 29.1 Å². The first kappa shape index (κ1) is 30.7. The van der Waals surface area contributed by atoms with Gasteiger partial charge in [0, 0.05) is 27.8 Å². The fraction of sp³-hybridized carbons (Fsp3) is 0.250. The number of phenols is 1. The zero-order valence-corrected chi connectivity index (χ0v) is 22.7. The van der Waals surface area contributed by atoms with Gasteiger partial charge in [-0.2, -0.15) is 0 Å². The van der Waals surface area contributed by atoms with Gasteiger partial charge in [0.2, 0.25) is 0 Å². The van der Waals surface area contributed by atoms with Crippen molar-refractivity contribution in [3.05, 3.63) is 95.1 Å². The monoisotopic (exact) mass is 556 g/mol. The molecule has 0 radical (unpaired) electrons. The number of esters is 1. The molecule has 3 rings (SSSR count). The van der Waals surface area contributed by atoms with Gasteiger partial charge in [0.1, 0.15) is 18.0 Å². The molecule has 41 heavy (non-hydrogen) atoms. The van der Waals surface area contributed by atoms with Crippen molar-refractivity contribution in [2.45, 2.75) is 25.5 Å². The van der Waals surface area contributed by atoms with Crippen LogP contribution in [0.25, 0.3) is 0 Å². The lowest BCUT2D eigenvalue weighted by Crippen LogP contribution is -2.55. The normalized spacial score (nSPS) is 12.9. The van der Waals surface area contributed by atoms with Crippen molar-refractivity contribution < 1.29 is 34.8 Å². The van der Waals surface area contributed by atoms with Crippen molar-refractivity contribution in [3.8, 4) is 29.4 Å². The number of carbonyl (C=O) groups is 2. The number of nitrogens with two attached hydrogens (primary N) is 1. The molecule has 0 bridgehead atoms. The highest BCUT2D eigenvalue weighted by Crippen LogP contribution is 2.28. The summed E-state index contributed by atoms with van der Waals surface area (Å²) in [5.74, 6) is 9.61. The van der Waals surface area contributed by atoms with E-state index in [1.165, 1.54) is 50.2 Å². The molecule has 7 N–H and O–H groups in total. The van der Waals surface area contributed by atoms with E-state index in [-0.39, 0.29) is 23.5 Å². The van der Waals surface area contributed by atoms with E-state index in [0.717, 1.165) is 5.56 Å². The maximum absolute atomic E-state index is 13.1. The molecule has 9 nitrogen and oxygen atoms in total. The van der Waals surface area contributed by atoms with E-state index in [1.54, 1.807) is 36.4 Å². The van der Waals surface area contributed by atoms with Gasteiger partial charge < -0.3 is 36.2 Å². The maximum Gasteiger partial charge on any atom is 0.332 e. The Labute approximate surface area is 238 Å². The van der Waals surface area contributed by atoms with Crippen LogP contribution in [-0.4, -0.2) is 58.2 Å². The Morgan fingerprint density at radius 2 is 1.39 bits per heavy atom. The van der Waals surface area contributed by atoms with E-state index in [2.05, 4.69) is 29.0 Å². The van der Waals surface area contributed by atoms with Gasteiger partial charge in [-0.25, -0.2) is 4.79 Å². The molecule has 0 aromatic heterocycles. The quantitative estimate of drug-likeness (QED) is 0.132. The Bertz CT molecular complexity index is 1470. The second kappa shape index (κ2) is 13.5. The van der Waals surface area contributed by atoms with E-state index in [4.69, 9.17) is 10.5 Å². The van der Waals surface area contributed by atoms with Gasteiger partial charge in [-0.05, 0) is 85.0 Å². The second-order valence-corrected chi connectivity index (χ2v) is 10.0. The Kier molecular flexibility index (Phi) is 10.1. The smallest absolute Gasteiger partial charge is 0.332 e. The highest BCUT2D eigenvalue weighted by atomic mass is 16.5. The second-order valence-electron chi connectivity index (χ2n) is 10.0. The van der Waals surface area contributed by atoms with Gasteiger partial charge >= 0.3 is 5.97 Å². The van der Waals surface area contributed by atoms with Crippen molar-refractivity contribution in [1.82, 2.24) is 5.32 Å². The van der Waals surface area contributed by atoms with Crippen molar-refractivity contribution in [3.63, 3.8) is 0 Å². The van der Waals surface area contributed by atoms with E-state index in [1.807, 2.05) is 0 Å². The van der Waals surface area contributed by atoms with Crippen LogP contribution in [0.4, 0.5) is 5.69 Å². The fourth-order valence-electron chi connectivity index (χ4n) is 3.56. The van der Waals surface area contributed by atoms with Crippen molar-refractivity contribution in [2.24, 2.45) is 5.41 Å². The molecular weight excluding hydrogens is 524 g/mol. The number of amides is 1. The Morgan fingerprint density at radius 3 is 1.90 bits per heavy atom. The number of nitrogen functional groups attached to an aromatic ring is 1. The van der Waals surface area contributed by atoms with Crippen LogP contribution in [0.5, 0.6) is 5.75 Å². The summed E-state index contributed by atoms with van der Waals surface area (Å²) in [6, 6.07) is 17.3. The maximum atomic E-state index is 13.1. The molecule has 3 aromatic carbocycles. The SMILES string of the molecule is CC(CO)(CO)COC(=O)[C@@H](NC(=O)c1ccc(C#CC#Cc2ccc(N)cc2)cc1)[C@](C)(O)c1ccc(O)cc1. The van der Waals surface area contributed by atoms with E-state index in [0.29, 0.717) is 11.3 Å². The lowest BCUT2D eigenvalue weighted by Gasteiger charge is -2.33. The van der Waals surface area contributed by atoms with Crippen LogP contribution in [0.1, 0.15) is 40.9 Å². The third-order valence-electron chi connectivity index (χ3n) is 6.39. The summed E-state index contributed by atoms with van der Waals surface area (Å²) in [4.78, 5) is 26.3. The third kappa shape index (κ3) is 8.34. The molecule has 9 heteroatoms. The molecule has 3 aromatic rings. The zero-order valence-electron chi connectivity index (χ0n) is 22.7. The van der Waals surface area contributed by atoms with Crippen LogP contribution in [-0.2, 0) is 15.1 Å². The zero-order chi connectivity index (χ0) is 30.0. The lowest BCUT2D eigenvalue weighted by atomic mass is 9.87. The number of carbonyl (C=O) groups excluding carboxylic acids is 2. The Balaban J connectivity index is 1.78. The molecular formula is C32H32N2O7. The molecule has 0 heterocycles. The minimum Gasteiger partial charge on any atom is -0.508 e. The third-order valence-corrected chi connectivity index (χ3v) is 6.39. The number of benzene rings is 3.